The lowest BCUT2D eigenvalue weighted by molar-refractivity contribution is 0.224. The molecule has 3 aromatic rings. The van der Waals surface area contributed by atoms with E-state index in [4.69, 9.17) is 0 Å². The highest BCUT2D eigenvalue weighted by atomic mass is 32.2. The molecule has 0 radical (unpaired) electrons. The van der Waals surface area contributed by atoms with Gasteiger partial charge >= 0.3 is 0 Å². The number of aliphatic hydroxyl groups is 1. The zero-order chi connectivity index (χ0) is 18.0. The Morgan fingerprint density at radius 2 is 1.92 bits per heavy atom. The summed E-state index contributed by atoms with van der Waals surface area (Å²) in [5.74, 6) is 0. The molecule has 2 N–H and O–H groups in total. The lowest BCUT2D eigenvalue weighted by atomic mass is 10.1. The molecule has 1 unspecified atom stereocenters. The van der Waals surface area contributed by atoms with E-state index in [9.17, 15) is 13.5 Å². The molecule has 25 heavy (non-hydrogen) atoms. The van der Waals surface area contributed by atoms with E-state index in [1.54, 1.807) is 12.1 Å². The summed E-state index contributed by atoms with van der Waals surface area (Å²) in [7, 11) is -3.56. The van der Waals surface area contributed by atoms with Crippen LogP contribution in [0.15, 0.2) is 52.1 Å². The van der Waals surface area contributed by atoms with Crippen molar-refractivity contribution in [2.45, 2.75) is 31.4 Å². The average molecular weight is 394 g/mol. The normalized spacial score (nSPS) is 13.1. The topological polar surface area (TPSA) is 66.4 Å². The molecule has 0 saturated heterocycles. The van der Waals surface area contributed by atoms with E-state index in [0.717, 1.165) is 26.4 Å². The number of hydrogen-bond acceptors (Lipinski definition) is 5. The van der Waals surface area contributed by atoms with Crippen LogP contribution in [0.3, 0.4) is 0 Å². The number of hydrogen-bond donors (Lipinski definition) is 2. The Morgan fingerprint density at radius 1 is 1.12 bits per heavy atom. The second kappa shape index (κ2) is 7.39. The number of rotatable bonds is 6. The highest BCUT2D eigenvalue weighted by Gasteiger charge is 2.17. The Labute approximate surface area is 155 Å². The molecule has 132 valence electrons. The predicted octanol–water partition coefficient (Wildman–Crippen LogP) is 3.99. The van der Waals surface area contributed by atoms with Gasteiger partial charge in [0.25, 0.3) is 0 Å². The summed E-state index contributed by atoms with van der Waals surface area (Å²) >= 11 is 2.94. The third-order valence-electron chi connectivity index (χ3n) is 4.04. The molecule has 0 spiro atoms. The van der Waals surface area contributed by atoms with Crippen molar-refractivity contribution in [2.75, 3.05) is 0 Å². The predicted molar refractivity (Wildman–Crippen MR) is 103 cm³/mol. The maximum Gasteiger partial charge on any atom is 0.240 e. The van der Waals surface area contributed by atoms with Gasteiger partial charge in [-0.25, -0.2) is 13.1 Å². The Balaban J connectivity index is 1.70. The van der Waals surface area contributed by atoms with Crippen molar-refractivity contribution in [3.05, 3.63) is 73.6 Å². The number of nitrogens with one attached hydrogen (secondary N) is 1. The molecule has 0 amide bonds. The van der Waals surface area contributed by atoms with E-state index >= 15 is 0 Å². The molecule has 0 aliphatic heterocycles. The van der Waals surface area contributed by atoms with Crippen molar-refractivity contribution in [3.63, 3.8) is 0 Å². The molecular weight excluding hydrogens is 374 g/mol. The molecule has 4 nitrogen and oxygen atoms in total. The molecule has 0 aliphatic carbocycles. The van der Waals surface area contributed by atoms with Gasteiger partial charge in [-0.1, -0.05) is 6.07 Å². The van der Waals surface area contributed by atoms with Crippen molar-refractivity contribution in [3.8, 4) is 0 Å². The van der Waals surface area contributed by atoms with Crippen LogP contribution in [0.5, 0.6) is 0 Å². The largest absolute Gasteiger partial charge is 0.383 e. The van der Waals surface area contributed by atoms with Crippen molar-refractivity contribution >= 4 is 32.7 Å². The Bertz CT molecular complexity index is 959. The smallest absolute Gasteiger partial charge is 0.240 e. The number of sulfonamides is 1. The number of thiophene rings is 2. The minimum atomic E-state index is -3.56. The van der Waals surface area contributed by atoms with Gasteiger partial charge in [0.15, 0.2) is 0 Å². The summed E-state index contributed by atoms with van der Waals surface area (Å²) in [5, 5.41) is 14.2. The average Bonchev–Trinajstić information content (AvgIpc) is 3.26. The molecule has 0 aliphatic rings. The van der Waals surface area contributed by atoms with Gasteiger partial charge in [-0.15, -0.1) is 11.3 Å². The fourth-order valence-corrected chi connectivity index (χ4v) is 5.19. The van der Waals surface area contributed by atoms with Gasteiger partial charge in [0.2, 0.25) is 10.0 Å². The van der Waals surface area contributed by atoms with E-state index in [2.05, 4.69) is 4.72 Å². The molecule has 7 heteroatoms. The van der Waals surface area contributed by atoms with Crippen LogP contribution in [0.4, 0.5) is 0 Å². The maximum absolute atomic E-state index is 12.4. The highest BCUT2D eigenvalue weighted by Crippen LogP contribution is 2.29. The summed E-state index contributed by atoms with van der Waals surface area (Å²) in [6, 6.07) is 10.7. The molecular formula is C18H19NO3S3. The number of aliphatic hydroxyl groups excluding tert-OH is 1. The van der Waals surface area contributed by atoms with Crippen LogP contribution in [-0.4, -0.2) is 13.5 Å². The van der Waals surface area contributed by atoms with Crippen LogP contribution in [0, 0.1) is 13.8 Å². The summed E-state index contributed by atoms with van der Waals surface area (Å²) < 4.78 is 27.5. The molecule has 1 atom stereocenters. The molecule has 2 heterocycles. The first-order valence-corrected chi connectivity index (χ1v) is 11.0. The van der Waals surface area contributed by atoms with Gasteiger partial charge in [0.1, 0.15) is 6.10 Å². The standard InChI is InChI=1S/C18H19NO3S3/c1-12-3-5-16(9-13(12)2)25(21,22)19-10-15-4-6-17(24-15)18(20)14-7-8-23-11-14/h3-9,11,18-20H,10H2,1-2H3. The van der Waals surface area contributed by atoms with Gasteiger partial charge in [0, 0.05) is 16.3 Å². The minimum Gasteiger partial charge on any atom is -0.383 e. The monoisotopic (exact) mass is 393 g/mol. The van der Waals surface area contributed by atoms with E-state index in [1.807, 2.05) is 48.9 Å². The zero-order valence-corrected chi connectivity index (χ0v) is 16.3. The summed E-state index contributed by atoms with van der Waals surface area (Å²) in [6.07, 6.45) is -0.665. The molecule has 0 fully saturated rings. The third-order valence-corrected chi connectivity index (χ3v) is 7.27. The van der Waals surface area contributed by atoms with Crippen LogP contribution < -0.4 is 4.72 Å². The van der Waals surface area contributed by atoms with E-state index in [1.165, 1.54) is 22.7 Å². The van der Waals surface area contributed by atoms with Gasteiger partial charge in [0.05, 0.1) is 4.90 Å². The number of aryl methyl sites for hydroxylation is 2. The first-order valence-electron chi connectivity index (χ1n) is 7.72. The minimum absolute atomic E-state index is 0.205. The van der Waals surface area contributed by atoms with Crippen LogP contribution in [0.1, 0.15) is 32.5 Å². The van der Waals surface area contributed by atoms with E-state index in [0.29, 0.717) is 0 Å². The van der Waals surface area contributed by atoms with Crippen LogP contribution >= 0.6 is 22.7 Å². The van der Waals surface area contributed by atoms with Crippen LogP contribution in [0.2, 0.25) is 0 Å². The fourth-order valence-electron chi connectivity index (χ4n) is 2.36. The van der Waals surface area contributed by atoms with Gasteiger partial charge in [-0.3, -0.25) is 0 Å². The first kappa shape index (κ1) is 18.3. The molecule has 1 aromatic carbocycles. The van der Waals surface area contributed by atoms with Gasteiger partial charge < -0.3 is 5.11 Å². The number of benzene rings is 1. The molecule has 0 bridgehead atoms. The third kappa shape index (κ3) is 4.19. The Hall–Kier alpha value is -1.51. The molecule has 3 rings (SSSR count). The van der Waals surface area contributed by atoms with E-state index < -0.39 is 16.1 Å². The second-order valence-corrected chi connectivity index (χ2v) is 9.58. The second-order valence-electron chi connectivity index (χ2n) is 5.83. The van der Waals surface area contributed by atoms with Crippen LogP contribution in [0.25, 0.3) is 0 Å². The molecule has 2 aromatic heterocycles. The fraction of sp³-hybridized carbons (Fsp3) is 0.222. The van der Waals surface area contributed by atoms with E-state index in [-0.39, 0.29) is 11.4 Å². The van der Waals surface area contributed by atoms with Gasteiger partial charge in [-0.2, -0.15) is 11.3 Å². The first-order chi connectivity index (χ1) is 11.9. The lowest BCUT2D eigenvalue weighted by Gasteiger charge is -2.08. The van der Waals surface area contributed by atoms with Crippen molar-refractivity contribution in [1.29, 1.82) is 0 Å². The lowest BCUT2D eigenvalue weighted by Crippen LogP contribution is -2.22. The summed E-state index contributed by atoms with van der Waals surface area (Å²) in [5.41, 5.74) is 2.86. The SMILES string of the molecule is Cc1ccc(S(=O)(=O)NCc2ccc(C(O)c3ccsc3)s2)cc1C. The maximum atomic E-state index is 12.4. The highest BCUT2D eigenvalue weighted by molar-refractivity contribution is 7.89. The molecule has 0 saturated carbocycles. The summed E-state index contributed by atoms with van der Waals surface area (Å²) in [4.78, 5) is 1.93. The Kier molecular flexibility index (Phi) is 5.41. The van der Waals surface area contributed by atoms with Crippen molar-refractivity contribution in [1.82, 2.24) is 4.72 Å². The quantitative estimate of drug-likeness (QED) is 0.665. The zero-order valence-electron chi connectivity index (χ0n) is 13.9. The van der Waals surface area contributed by atoms with Crippen LogP contribution in [-0.2, 0) is 16.6 Å². The van der Waals surface area contributed by atoms with Gasteiger partial charge in [-0.05, 0) is 71.6 Å². The Morgan fingerprint density at radius 3 is 2.60 bits per heavy atom. The van der Waals surface area contributed by atoms with Crippen molar-refractivity contribution < 1.29 is 13.5 Å². The summed E-state index contributed by atoms with van der Waals surface area (Å²) in [6.45, 7) is 4.05. The van der Waals surface area contributed by atoms with Crippen molar-refractivity contribution in [2.24, 2.45) is 0 Å².